The Morgan fingerprint density at radius 2 is 1.52 bits per heavy atom. The van der Waals surface area contributed by atoms with Crippen LogP contribution in [0.4, 0.5) is 0 Å². The first-order valence-corrected chi connectivity index (χ1v) is 6.36. The third-order valence-corrected chi connectivity index (χ3v) is 3.07. The van der Waals surface area contributed by atoms with Crippen LogP contribution in [0.15, 0.2) is 60.7 Å². The van der Waals surface area contributed by atoms with Crippen LogP contribution in [0.2, 0.25) is 0 Å². The number of hydrogen-bond acceptors (Lipinski definition) is 3. The minimum absolute atomic E-state index is 0.145. The van der Waals surface area contributed by atoms with Crippen LogP contribution in [0.25, 0.3) is 0 Å². The van der Waals surface area contributed by atoms with Crippen LogP contribution in [0.3, 0.4) is 0 Å². The van der Waals surface area contributed by atoms with Crippen molar-refractivity contribution in [2.24, 2.45) is 5.73 Å². The second-order valence-corrected chi connectivity index (χ2v) is 4.57. The Morgan fingerprint density at radius 3 is 2.00 bits per heavy atom. The van der Waals surface area contributed by atoms with E-state index in [4.69, 9.17) is 10.5 Å². The molecule has 0 radical (unpaired) electrons. The lowest BCUT2D eigenvalue weighted by Gasteiger charge is -2.27. The molecule has 2 rings (SSSR count). The van der Waals surface area contributed by atoms with Crippen molar-refractivity contribution in [3.63, 3.8) is 0 Å². The zero-order valence-corrected chi connectivity index (χ0v) is 11.2. The van der Waals surface area contributed by atoms with Crippen LogP contribution < -0.4 is 10.5 Å². The average Bonchev–Trinajstić information content (AvgIpc) is 2.48. The molecule has 0 aromatic heterocycles. The summed E-state index contributed by atoms with van der Waals surface area (Å²) < 4.78 is 5.45. The fourth-order valence-corrected chi connectivity index (χ4v) is 1.97. The van der Waals surface area contributed by atoms with Crippen LogP contribution in [0, 0.1) is 0 Å². The molecule has 1 atom stereocenters. The van der Waals surface area contributed by atoms with Gasteiger partial charge in [0.15, 0.2) is 0 Å². The van der Waals surface area contributed by atoms with E-state index in [-0.39, 0.29) is 12.2 Å². The highest BCUT2D eigenvalue weighted by Gasteiger charge is 2.47. The number of carboxylic acid groups (broad SMARTS) is 1. The van der Waals surface area contributed by atoms with Gasteiger partial charge in [-0.3, -0.25) is 4.79 Å². The number of carbonyl (C=O) groups excluding carboxylic acids is 1. The maximum absolute atomic E-state index is 11.8. The first kappa shape index (κ1) is 14.6. The fourth-order valence-electron chi connectivity index (χ4n) is 1.97. The molecule has 0 saturated heterocycles. The first-order valence-electron chi connectivity index (χ1n) is 6.36. The van der Waals surface area contributed by atoms with Crippen LogP contribution >= 0.6 is 0 Å². The Morgan fingerprint density at radius 1 is 1.00 bits per heavy atom. The molecule has 0 aliphatic heterocycles. The van der Waals surface area contributed by atoms with Gasteiger partial charge >= 0.3 is 5.97 Å². The lowest BCUT2D eigenvalue weighted by molar-refractivity contribution is -0.161. The molecule has 1 amide bonds. The highest BCUT2D eigenvalue weighted by molar-refractivity contribution is 6.05. The molecule has 0 aliphatic rings. The Kier molecular flexibility index (Phi) is 4.23. The minimum atomic E-state index is -2.14. The largest absolute Gasteiger partial charge is 0.478 e. The number of carbonyl (C=O) groups is 2. The predicted octanol–water partition coefficient (Wildman–Crippen LogP) is 1.62. The van der Waals surface area contributed by atoms with Gasteiger partial charge in [-0.15, -0.1) is 0 Å². The zero-order chi connectivity index (χ0) is 15.3. The number of primary amides is 1. The number of benzene rings is 2. The summed E-state index contributed by atoms with van der Waals surface area (Å²) in [6.07, 6.45) is -0.145. The van der Waals surface area contributed by atoms with Crippen LogP contribution in [-0.4, -0.2) is 22.6 Å². The number of hydrogen-bond donors (Lipinski definition) is 2. The maximum Gasteiger partial charge on any atom is 0.358 e. The smallest absolute Gasteiger partial charge is 0.358 e. The van der Waals surface area contributed by atoms with E-state index in [2.05, 4.69) is 0 Å². The van der Waals surface area contributed by atoms with Crippen molar-refractivity contribution in [2.45, 2.75) is 12.0 Å². The summed E-state index contributed by atoms with van der Waals surface area (Å²) in [4.78, 5) is 23.4. The van der Waals surface area contributed by atoms with Gasteiger partial charge in [-0.25, -0.2) is 4.79 Å². The van der Waals surface area contributed by atoms with Gasteiger partial charge in [0.1, 0.15) is 5.75 Å². The van der Waals surface area contributed by atoms with Crippen LogP contribution in [-0.2, 0) is 16.0 Å². The molecule has 5 heteroatoms. The summed E-state index contributed by atoms with van der Waals surface area (Å²) in [7, 11) is 0. The van der Waals surface area contributed by atoms with E-state index < -0.39 is 17.5 Å². The molecule has 2 aromatic carbocycles. The number of carboxylic acids is 1. The third-order valence-electron chi connectivity index (χ3n) is 3.07. The minimum Gasteiger partial charge on any atom is -0.478 e. The number of ether oxygens (including phenoxy) is 1. The second kappa shape index (κ2) is 6.09. The van der Waals surface area contributed by atoms with Crippen molar-refractivity contribution in [1.29, 1.82) is 0 Å². The Balaban J connectivity index is 2.38. The molecular weight excluding hydrogens is 270 g/mol. The van der Waals surface area contributed by atoms with Gasteiger partial charge in [-0.2, -0.15) is 0 Å². The van der Waals surface area contributed by atoms with Gasteiger partial charge in [-0.1, -0.05) is 48.5 Å². The second-order valence-electron chi connectivity index (χ2n) is 4.57. The molecule has 2 aromatic rings. The Hall–Kier alpha value is -2.82. The summed E-state index contributed by atoms with van der Waals surface area (Å²) in [5.74, 6) is -2.18. The molecular formula is C16H15NO4. The highest BCUT2D eigenvalue weighted by atomic mass is 16.5. The maximum atomic E-state index is 11.8. The van der Waals surface area contributed by atoms with Gasteiger partial charge in [0, 0.05) is 6.42 Å². The van der Waals surface area contributed by atoms with Gasteiger partial charge in [0.05, 0.1) is 0 Å². The molecule has 0 spiro atoms. The molecule has 0 saturated carbocycles. The number of aliphatic carboxylic acids is 1. The lowest BCUT2D eigenvalue weighted by atomic mass is 9.93. The molecule has 0 fully saturated rings. The van der Waals surface area contributed by atoms with Crippen molar-refractivity contribution in [3.8, 4) is 5.75 Å². The average molecular weight is 285 g/mol. The molecule has 3 N–H and O–H groups in total. The lowest BCUT2D eigenvalue weighted by Crippen LogP contribution is -2.57. The Labute approximate surface area is 122 Å². The van der Waals surface area contributed by atoms with Gasteiger partial charge in [-0.05, 0) is 17.7 Å². The van der Waals surface area contributed by atoms with Crippen molar-refractivity contribution >= 4 is 11.9 Å². The molecule has 1 unspecified atom stereocenters. The van der Waals surface area contributed by atoms with E-state index in [0.717, 1.165) is 0 Å². The van der Waals surface area contributed by atoms with E-state index in [1.165, 1.54) is 0 Å². The van der Waals surface area contributed by atoms with Crippen molar-refractivity contribution in [1.82, 2.24) is 0 Å². The first-order chi connectivity index (χ1) is 10.0. The number of amides is 1. The molecule has 108 valence electrons. The zero-order valence-electron chi connectivity index (χ0n) is 11.2. The van der Waals surface area contributed by atoms with Gasteiger partial charge in [0.2, 0.25) is 0 Å². The standard InChI is InChI=1S/C16H15NO4/c17-14(18)16(15(19)20,11-12-7-3-1-4-8-12)21-13-9-5-2-6-10-13/h1-10H,11H2,(H2,17,18)(H,19,20). The van der Waals surface area contributed by atoms with Crippen LogP contribution in [0.5, 0.6) is 5.75 Å². The van der Waals surface area contributed by atoms with Crippen molar-refractivity contribution in [2.75, 3.05) is 0 Å². The number of nitrogens with two attached hydrogens (primary N) is 1. The molecule has 0 aliphatic carbocycles. The van der Waals surface area contributed by atoms with Crippen molar-refractivity contribution < 1.29 is 19.4 Å². The quantitative estimate of drug-likeness (QED) is 0.789. The SMILES string of the molecule is NC(=O)C(Cc1ccccc1)(Oc1ccccc1)C(=O)O. The van der Waals surface area contributed by atoms with Crippen molar-refractivity contribution in [3.05, 3.63) is 66.2 Å². The molecule has 0 heterocycles. The summed E-state index contributed by atoms with van der Waals surface area (Å²) in [6.45, 7) is 0. The summed E-state index contributed by atoms with van der Waals surface area (Å²) >= 11 is 0. The molecule has 5 nitrogen and oxygen atoms in total. The normalized spacial score (nSPS) is 13.1. The number of para-hydroxylation sites is 1. The van der Waals surface area contributed by atoms with E-state index in [1.54, 1.807) is 60.7 Å². The summed E-state index contributed by atoms with van der Waals surface area (Å²) in [5.41, 5.74) is 3.84. The third kappa shape index (κ3) is 3.20. The van der Waals surface area contributed by atoms with E-state index in [1.807, 2.05) is 0 Å². The van der Waals surface area contributed by atoms with Gasteiger partial charge < -0.3 is 15.6 Å². The summed E-state index contributed by atoms with van der Waals surface area (Å²) in [6, 6.07) is 17.0. The van der Waals surface area contributed by atoms with E-state index in [0.29, 0.717) is 5.56 Å². The topological polar surface area (TPSA) is 89.6 Å². The monoisotopic (exact) mass is 285 g/mol. The number of rotatable bonds is 6. The highest BCUT2D eigenvalue weighted by Crippen LogP contribution is 2.23. The molecule has 0 bridgehead atoms. The fraction of sp³-hybridized carbons (Fsp3) is 0.125. The van der Waals surface area contributed by atoms with Gasteiger partial charge in [0.25, 0.3) is 11.5 Å². The van der Waals surface area contributed by atoms with Crippen LogP contribution in [0.1, 0.15) is 5.56 Å². The van der Waals surface area contributed by atoms with E-state index >= 15 is 0 Å². The van der Waals surface area contributed by atoms with E-state index in [9.17, 15) is 14.7 Å². The molecule has 21 heavy (non-hydrogen) atoms. The summed E-state index contributed by atoms with van der Waals surface area (Å²) in [5, 5.41) is 9.49. The predicted molar refractivity (Wildman–Crippen MR) is 76.8 cm³/mol. The Bertz CT molecular complexity index is 568.